The van der Waals surface area contributed by atoms with E-state index in [-0.39, 0.29) is 16.9 Å². The lowest BCUT2D eigenvalue weighted by Gasteiger charge is -2.08. The van der Waals surface area contributed by atoms with Gasteiger partial charge in [-0.15, -0.1) is 0 Å². The number of benzene rings is 2. The Labute approximate surface area is 98.6 Å². The molecule has 0 aliphatic rings. The zero-order valence-corrected chi connectivity index (χ0v) is 9.01. The molecule has 0 bridgehead atoms. The first kappa shape index (κ1) is 7.06. The molecule has 0 aliphatic heterocycles. The van der Waals surface area contributed by atoms with E-state index in [1.165, 1.54) is 18.2 Å². The van der Waals surface area contributed by atoms with Crippen molar-refractivity contribution in [3.63, 3.8) is 0 Å². The highest BCUT2D eigenvalue weighted by atomic mass is 79.9. The minimum absolute atomic E-state index is 0.0131. The second-order valence-corrected chi connectivity index (χ2v) is 3.86. The summed E-state index contributed by atoms with van der Waals surface area (Å²) in [5.41, 5.74) is 0. The number of phenolic OH excluding ortho intramolecular Hbond substituents is 1. The Balaban J connectivity index is 2.74. The van der Waals surface area contributed by atoms with E-state index in [0.717, 1.165) is 6.07 Å². The second-order valence-electron chi connectivity index (χ2n) is 3.00. The third-order valence-corrected chi connectivity index (χ3v) is 2.69. The number of hydrogen-bond acceptors (Lipinski definition) is 2. The molecule has 1 N–H and O–H groups in total. The lowest BCUT2D eigenvalue weighted by molar-refractivity contribution is 0.391. The Bertz CT molecular complexity index is 613. The van der Waals surface area contributed by atoms with Gasteiger partial charge in [-0.05, 0) is 39.5 Å². The summed E-state index contributed by atoms with van der Waals surface area (Å²) in [4.78, 5) is 0. The van der Waals surface area contributed by atoms with Gasteiger partial charge in [0.1, 0.15) is 5.75 Å². The third-order valence-electron chi connectivity index (χ3n) is 2.06. The molecule has 0 amide bonds. The predicted octanol–water partition coefficient (Wildman–Crippen LogP) is 3.46. The number of methoxy groups -OCH3 is 1. The molecule has 0 saturated heterocycles. The van der Waals surface area contributed by atoms with Crippen LogP contribution in [0.2, 0.25) is 0 Å². The van der Waals surface area contributed by atoms with E-state index in [9.17, 15) is 9.50 Å². The number of aromatic hydroxyl groups is 1. The molecule has 0 atom stereocenters. The molecule has 0 heterocycles. The number of halogens is 2. The average molecular weight is 274 g/mol. The van der Waals surface area contributed by atoms with Crippen molar-refractivity contribution in [2.45, 2.75) is 0 Å². The van der Waals surface area contributed by atoms with Crippen molar-refractivity contribution < 1.29 is 18.3 Å². The van der Waals surface area contributed by atoms with E-state index in [2.05, 4.69) is 20.7 Å². The highest BCUT2D eigenvalue weighted by Crippen LogP contribution is 2.36. The lowest BCUT2D eigenvalue weighted by atomic mass is 10.1. The Hall–Kier alpha value is -1.29. The van der Waals surface area contributed by atoms with E-state index in [1.54, 1.807) is 0 Å². The van der Waals surface area contributed by atoms with E-state index >= 15 is 0 Å². The van der Waals surface area contributed by atoms with Crippen molar-refractivity contribution in [3.05, 3.63) is 34.6 Å². The minimum Gasteiger partial charge on any atom is -0.508 e. The first-order chi connectivity index (χ1) is 8.28. The first-order valence-corrected chi connectivity index (χ1v) is 4.87. The first-order valence-electron chi connectivity index (χ1n) is 5.58. The smallest absolute Gasteiger partial charge is 0.165 e. The van der Waals surface area contributed by atoms with Gasteiger partial charge in [-0.25, -0.2) is 4.39 Å². The summed E-state index contributed by atoms with van der Waals surface area (Å²) in [7, 11) is -2.74. The second kappa shape index (κ2) is 3.70. The maximum atomic E-state index is 13.7. The minimum atomic E-state index is -2.74. The Morgan fingerprint density at radius 2 is 2.27 bits per heavy atom. The molecule has 0 saturated carbocycles. The van der Waals surface area contributed by atoms with Crippen LogP contribution in [0.1, 0.15) is 4.11 Å². The van der Waals surface area contributed by atoms with Gasteiger partial charge in [0.15, 0.2) is 11.6 Å². The summed E-state index contributed by atoms with van der Waals surface area (Å²) < 4.78 is 39.8. The summed E-state index contributed by atoms with van der Waals surface area (Å²) in [6.07, 6.45) is 0. The van der Waals surface area contributed by atoms with E-state index < -0.39 is 12.9 Å². The van der Waals surface area contributed by atoms with Gasteiger partial charge in [0.2, 0.25) is 0 Å². The van der Waals surface area contributed by atoms with Crippen LogP contribution in [0.15, 0.2) is 28.7 Å². The maximum Gasteiger partial charge on any atom is 0.165 e. The standard InChI is InChI=1S/C11H8BrFO2/c1-15-11-9(13)3-2-6-4-7(14)5-8(12)10(6)11/h2-5,14H,1H3/i1D3. The molecule has 0 aliphatic carbocycles. The molecule has 78 valence electrons. The highest BCUT2D eigenvalue weighted by Gasteiger charge is 2.11. The van der Waals surface area contributed by atoms with Crippen LogP contribution in [0, 0.1) is 5.82 Å². The number of hydrogen-bond donors (Lipinski definition) is 1. The van der Waals surface area contributed by atoms with Crippen molar-refractivity contribution in [1.82, 2.24) is 0 Å². The molecular weight excluding hydrogens is 263 g/mol. The van der Waals surface area contributed by atoms with Gasteiger partial charge in [0.25, 0.3) is 0 Å². The highest BCUT2D eigenvalue weighted by molar-refractivity contribution is 9.10. The van der Waals surface area contributed by atoms with E-state index in [1.807, 2.05) is 0 Å². The topological polar surface area (TPSA) is 29.5 Å². The van der Waals surface area contributed by atoms with Crippen LogP contribution in [-0.4, -0.2) is 12.1 Å². The molecule has 4 heteroatoms. The van der Waals surface area contributed by atoms with Crippen LogP contribution in [0.25, 0.3) is 10.8 Å². The van der Waals surface area contributed by atoms with Crippen molar-refractivity contribution >= 4 is 26.7 Å². The van der Waals surface area contributed by atoms with Gasteiger partial charge >= 0.3 is 0 Å². The molecule has 0 unspecified atom stereocenters. The molecule has 0 fully saturated rings. The molecule has 2 aromatic rings. The largest absolute Gasteiger partial charge is 0.508 e. The molecule has 0 spiro atoms. The van der Waals surface area contributed by atoms with Gasteiger partial charge < -0.3 is 9.84 Å². The van der Waals surface area contributed by atoms with Crippen LogP contribution < -0.4 is 4.74 Å². The van der Waals surface area contributed by atoms with Crippen LogP contribution in [0.3, 0.4) is 0 Å². The Kier molecular flexibility index (Phi) is 1.74. The zero-order chi connectivity index (χ0) is 13.5. The predicted molar refractivity (Wildman–Crippen MR) is 59.8 cm³/mol. The van der Waals surface area contributed by atoms with Crippen molar-refractivity contribution in [1.29, 1.82) is 0 Å². The van der Waals surface area contributed by atoms with Gasteiger partial charge in [0.05, 0.1) is 11.2 Å². The van der Waals surface area contributed by atoms with E-state index in [0.29, 0.717) is 9.86 Å². The number of rotatable bonds is 1. The number of phenols is 1. The van der Waals surface area contributed by atoms with Crippen molar-refractivity contribution in [2.24, 2.45) is 0 Å². The summed E-state index contributed by atoms with van der Waals surface area (Å²) in [6, 6.07) is 5.26. The normalized spacial score (nSPS) is 14.4. The van der Waals surface area contributed by atoms with Crippen LogP contribution >= 0.6 is 15.9 Å². The molecule has 0 radical (unpaired) electrons. The zero-order valence-electron chi connectivity index (χ0n) is 10.4. The van der Waals surface area contributed by atoms with Gasteiger partial charge in [0, 0.05) is 9.86 Å². The molecule has 2 aromatic carbocycles. The SMILES string of the molecule is [2H]C([2H])([2H])Oc1c(F)ccc2cc(O)cc(Br)c12. The van der Waals surface area contributed by atoms with Crippen molar-refractivity contribution in [3.8, 4) is 11.5 Å². The number of ether oxygens (including phenoxy) is 1. The van der Waals surface area contributed by atoms with Crippen molar-refractivity contribution in [2.75, 3.05) is 7.04 Å². The molecule has 2 nitrogen and oxygen atoms in total. The summed E-state index contributed by atoms with van der Waals surface area (Å²) in [5, 5.41) is 10.2. The van der Waals surface area contributed by atoms with Gasteiger partial charge in [-0.2, -0.15) is 0 Å². The fourth-order valence-corrected chi connectivity index (χ4v) is 2.09. The third kappa shape index (κ3) is 1.65. The average Bonchev–Trinajstić information content (AvgIpc) is 2.20. The Morgan fingerprint density at radius 1 is 1.47 bits per heavy atom. The fraction of sp³-hybridized carbons (Fsp3) is 0.0909. The summed E-state index contributed by atoms with van der Waals surface area (Å²) >= 11 is 3.15. The van der Waals surface area contributed by atoms with E-state index in [4.69, 9.17) is 4.11 Å². The monoisotopic (exact) mass is 273 g/mol. The molecule has 2 rings (SSSR count). The Morgan fingerprint density at radius 3 is 3.00 bits per heavy atom. The summed E-state index contributed by atoms with van der Waals surface area (Å²) in [6.45, 7) is 0. The van der Waals surface area contributed by atoms with Crippen LogP contribution in [0.4, 0.5) is 4.39 Å². The lowest BCUT2D eigenvalue weighted by Crippen LogP contribution is -1.90. The van der Waals surface area contributed by atoms with Gasteiger partial charge in [-0.3, -0.25) is 0 Å². The summed E-state index contributed by atoms with van der Waals surface area (Å²) in [5.74, 6) is -1.15. The quantitative estimate of drug-likeness (QED) is 0.863. The fourth-order valence-electron chi connectivity index (χ4n) is 1.44. The molecule has 0 aromatic heterocycles. The molecule has 15 heavy (non-hydrogen) atoms. The van der Waals surface area contributed by atoms with Crippen LogP contribution in [-0.2, 0) is 0 Å². The molecular formula is C11H8BrFO2. The van der Waals surface area contributed by atoms with Gasteiger partial charge in [-0.1, -0.05) is 6.07 Å². The maximum absolute atomic E-state index is 13.7. The van der Waals surface area contributed by atoms with Crippen LogP contribution in [0.5, 0.6) is 11.5 Å². The number of fused-ring (bicyclic) bond motifs is 1.